The topological polar surface area (TPSA) is 97.1 Å². The van der Waals surface area contributed by atoms with Gasteiger partial charge in [-0.05, 0) is 40.2 Å². The van der Waals surface area contributed by atoms with Gasteiger partial charge >= 0.3 is 5.97 Å². The van der Waals surface area contributed by atoms with Gasteiger partial charge in [0, 0.05) is 5.69 Å². The van der Waals surface area contributed by atoms with Crippen molar-refractivity contribution in [3.8, 4) is 0 Å². The summed E-state index contributed by atoms with van der Waals surface area (Å²) in [4.78, 5) is 28.2. The van der Waals surface area contributed by atoms with Gasteiger partial charge in [-0.15, -0.1) is 0 Å². The summed E-state index contributed by atoms with van der Waals surface area (Å²) in [7, 11) is 0. The molecule has 0 fully saturated rings. The first-order valence-electron chi connectivity index (χ1n) is 7.58. The highest BCUT2D eigenvalue weighted by atomic mass is 16.4. The minimum Gasteiger partial charge on any atom is -0.480 e. The van der Waals surface area contributed by atoms with Gasteiger partial charge in [-0.1, -0.05) is 6.92 Å². The van der Waals surface area contributed by atoms with Crippen LogP contribution in [0.5, 0.6) is 0 Å². The maximum absolute atomic E-state index is 12.5. The zero-order valence-electron chi connectivity index (χ0n) is 14.0. The van der Waals surface area contributed by atoms with Crippen LogP contribution in [0.2, 0.25) is 0 Å². The van der Waals surface area contributed by atoms with Crippen LogP contribution in [0.25, 0.3) is 11.0 Å². The average molecular weight is 318 g/mol. The molecule has 7 nitrogen and oxygen atoms in total. The molecule has 7 heteroatoms. The second-order valence-corrected chi connectivity index (χ2v) is 6.28. The first-order chi connectivity index (χ1) is 10.7. The predicted octanol–water partition coefficient (Wildman–Crippen LogP) is 2.30. The van der Waals surface area contributed by atoms with Crippen molar-refractivity contribution in [2.75, 3.05) is 0 Å². The van der Waals surface area contributed by atoms with E-state index in [0.29, 0.717) is 22.3 Å². The van der Waals surface area contributed by atoms with Crippen LogP contribution < -0.4 is 5.32 Å². The summed E-state index contributed by atoms with van der Waals surface area (Å²) in [5, 5.41) is 16.7. The van der Waals surface area contributed by atoms with Crippen molar-refractivity contribution < 1.29 is 14.7 Å². The number of carbonyl (C=O) groups excluding carboxylic acids is 1. The molecule has 0 spiro atoms. The van der Waals surface area contributed by atoms with Crippen molar-refractivity contribution in [1.29, 1.82) is 0 Å². The first-order valence-corrected chi connectivity index (χ1v) is 7.58. The number of fused-ring (bicyclic) bond motifs is 1. The number of aliphatic carboxylic acids is 1. The summed E-state index contributed by atoms with van der Waals surface area (Å²) < 4.78 is 1.79. The number of hydrogen-bond donors (Lipinski definition) is 2. The Morgan fingerprint density at radius 2 is 2.09 bits per heavy atom. The monoisotopic (exact) mass is 318 g/mol. The Morgan fingerprint density at radius 3 is 2.65 bits per heavy atom. The Morgan fingerprint density at radius 1 is 1.43 bits per heavy atom. The number of nitrogens with zero attached hydrogens (tertiary/aromatic N) is 3. The molecule has 2 rings (SSSR count). The molecule has 1 amide bonds. The van der Waals surface area contributed by atoms with Gasteiger partial charge in [0.05, 0.1) is 23.2 Å². The summed E-state index contributed by atoms with van der Waals surface area (Å²) in [6.45, 7) is 8.77. The number of carbonyl (C=O) groups is 2. The standard InChI is InChI=1S/C16H22N4O3/c1-6-10(3)20-13-12(8-17-20)11(7-9(2)18-13)14(21)19-16(4,5)15(22)23/h7-8,10H,6H2,1-5H3,(H,19,21)(H,22,23). The minimum atomic E-state index is -1.35. The lowest BCUT2D eigenvalue weighted by Gasteiger charge is -2.21. The van der Waals surface area contributed by atoms with E-state index in [0.717, 1.165) is 6.42 Å². The number of carboxylic acid groups (broad SMARTS) is 1. The van der Waals surface area contributed by atoms with Crippen molar-refractivity contribution in [1.82, 2.24) is 20.1 Å². The van der Waals surface area contributed by atoms with Crippen LogP contribution in [0.4, 0.5) is 0 Å². The fourth-order valence-corrected chi connectivity index (χ4v) is 2.23. The van der Waals surface area contributed by atoms with E-state index in [4.69, 9.17) is 0 Å². The zero-order chi connectivity index (χ0) is 17.4. The number of rotatable bonds is 5. The first kappa shape index (κ1) is 16.9. The van der Waals surface area contributed by atoms with Crippen molar-refractivity contribution in [2.45, 2.75) is 52.6 Å². The van der Waals surface area contributed by atoms with E-state index in [9.17, 15) is 14.7 Å². The number of aromatic nitrogens is 3. The predicted molar refractivity (Wildman–Crippen MR) is 86.4 cm³/mol. The number of hydrogen-bond acceptors (Lipinski definition) is 4. The number of pyridine rings is 1. The second kappa shape index (κ2) is 5.98. The van der Waals surface area contributed by atoms with Gasteiger partial charge in [-0.2, -0.15) is 5.10 Å². The third-order valence-electron chi connectivity index (χ3n) is 3.91. The molecule has 1 unspecified atom stereocenters. The van der Waals surface area contributed by atoms with E-state index in [-0.39, 0.29) is 6.04 Å². The molecule has 2 N–H and O–H groups in total. The number of carboxylic acids is 1. The average Bonchev–Trinajstić information content (AvgIpc) is 2.88. The van der Waals surface area contributed by atoms with E-state index in [1.54, 1.807) is 23.9 Å². The molecule has 0 saturated heterocycles. The lowest BCUT2D eigenvalue weighted by molar-refractivity contribution is -0.143. The lowest BCUT2D eigenvalue weighted by atomic mass is 10.0. The molecule has 0 bridgehead atoms. The Kier molecular flexibility index (Phi) is 4.40. The summed E-state index contributed by atoms with van der Waals surface area (Å²) in [6, 6.07) is 1.81. The smallest absolute Gasteiger partial charge is 0.328 e. The van der Waals surface area contributed by atoms with Crippen LogP contribution in [-0.2, 0) is 4.79 Å². The molecule has 0 aliphatic carbocycles. The van der Waals surface area contributed by atoms with E-state index >= 15 is 0 Å². The lowest BCUT2D eigenvalue weighted by Crippen LogP contribution is -2.49. The summed E-state index contributed by atoms with van der Waals surface area (Å²) in [6.07, 6.45) is 2.50. The van der Waals surface area contributed by atoms with Gasteiger partial charge in [0.2, 0.25) is 0 Å². The van der Waals surface area contributed by atoms with E-state index in [1.165, 1.54) is 13.8 Å². The molecular formula is C16H22N4O3. The van der Waals surface area contributed by atoms with E-state index in [1.807, 2.05) is 6.92 Å². The Hall–Kier alpha value is -2.44. The molecule has 0 aromatic carbocycles. The van der Waals surface area contributed by atoms with E-state index < -0.39 is 17.4 Å². The van der Waals surface area contributed by atoms with Gasteiger partial charge in [0.15, 0.2) is 5.65 Å². The highest BCUT2D eigenvalue weighted by Crippen LogP contribution is 2.22. The van der Waals surface area contributed by atoms with Crippen molar-refractivity contribution in [2.24, 2.45) is 0 Å². The maximum atomic E-state index is 12.5. The van der Waals surface area contributed by atoms with Crippen LogP contribution in [0, 0.1) is 6.92 Å². The molecular weight excluding hydrogens is 296 g/mol. The summed E-state index contributed by atoms with van der Waals surface area (Å²) >= 11 is 0. The molecule has 0 aliphatic heterocycles. The van der Waals surface area contributed by atoms with Crippen LogP contribution in [0.3, 0.4) is 0 Å². The molecule has 0 saturated carbocycles. The van der Waals surface area contributed by atoms with Crippen molar-refractivity contribution in [3.63, 3.8) is 0 Å². The molecule has 124 valence electrons. The second-order valence-electron chi connectivity index (χ2n) is 6.28. The molecule has 2 aromatic rings. The Balaban J connectivity index is 2.51. The fourth-order valence-electron chi connectivity index (χ4n) is 2.23. The van der Waals surface area contributed by atoms with Gasteiger partial charge < -0.3 is 10.4 Å². The third-order valence-corrected chi connectivity index (χ3v) is 3.91. The van der Waals surface area contributed by atoms with E-state index in [2.05, 4.69) is 22.3 Å². The van der Waals surface area contributed by atoms with Gasteiger partial charge in [-0.25, -0.2) is 14.5 Å². The molecule has 23 heavy (non-hydrogen) atoms. The number of aryl methyl sites for hydroxylation is 1. The summed E-state index contributed by atoms with van der Waals surface area (Å²) in [5.41, 5.74) is 0.350. The highest BCUT2D eigenvalue weighted by molar-refractivity contribution is 6.07. The van der Waals surface area contributed by atoms with Crippen LogP contribution in [-0.4, -0.2) is 37.3 Å². The normalized spacial score (nSPS) is 13.1. The van der Waals surface area contributed by atoms with Crippen molar-refractivity contribution in [3.05, 3.63) is 23.5 Å². The summed E-state index contributed by atoms with van der Waals surface area (Å²) in [5.74, 6) is -1.54. The molecule has 2 heterocycles. The number of nitrogens with one attached hydrogen (secondary N) is 1. The van der Waals surface area contributed by atoms with Crippen molar-refractivity contribution >= 4 is 22.9 Å². The zero-order valence-corrected chi connectivity index (χ0v) is 14.0. The Labute approximate surface area is 134 Å². The molecule has 2 aromatic heterocycles. The van der Waals surface area contributed by atoms with Gasteiger partial charge in [0.1, 0.15) is 5.54 Å². The largest absolute Gasteiger partial charge is 0.480 e. The van der Waals surface area contributed by atoms with Gasteiger partial charge in [0.25, 0.3) is 5.91 Å². The highest BCUT2D eigenvalue weighted by Gasteiger charge is 2.30. The Bertz CT molecular complexity index is 764. The quantitative estimate of drug-likeness (QED) is 0.881. The van der Waals surface area contributed by atoms with Crippen LogP contribution >= 0.6 is 0 Å². The molecule has 0 radical (unpaired) electrons. The van der Waals surface area contributed by atoms with Crippen LogP contribution in [0.1, 0.15) is 56.2 Å². The maximum Gasteiger partial charge on any atom is 0.328 e. The molecule has 1 atom stereocenters. The third kappa shape index (κ3) is 3.18. The van der Waals surface area contributed by atoms with Crippen LogP contribution in [0.15, 0.2) is 12.3 Å². The minimum absolute atomic E-state index is 0.160. The number of amides is 1. The van der Waals surface area contributed by atoms with Gasteiger partial charge in [-0.3, -0.25) is 4.79 Å². The SMILES string of the molecule is CCC(C)n1ncc2c(C(=O)NC(C)(C)C(=O)O)cc(C)nc21. The molecule has 0 aliphatic rings. The fraction of sp³-hybridized carbons (Fsp3) is 0.500.